The summed E-state index contributed by atoms with van der Waals surface area (Å²) < 4.78 is 2.14. The number of nitrogens with one attached hydrogen (secondary N) is 3. The van der Waals surface area contributed by atoms with E-state index in [9.17, 15) is 5.11 Å². The van der Waals surface area contributed by atoms with Crippen molar-refractivity contribution in [3.8, 4) is 0 Å². The molecule has 0 unspecified atom stereocenters. The lowest BCUT2D eigenvalue weighted by Gasteiger charge is -2.09. The van der Waals surface area contributed by atoms with E-state index in [1.165, 1.54) is 10.9 Å². The lowest BCUT2D eigenvalue weighted by atomic mass is 10.2. The van der Waals surface area contributed by atoms with Gasteiger partial charge in [0.05, 0.1) is 32.8 Å². The zero-order valence-electron chi connectivity index (χ0n) is 11.2. The van der Waals surface area contributed by atoms with Gasteiger partial charge in [-0.2, -0.15) is 0 Å². The number of H-pyrrole nitrogens is 1. The molecule has 1 aliphatic heterocycles. The second kappa shape index (κ2) is 6.94. The van der Waals surface area contributed by atoms with Gasteiger partial charge in [0.2, 0.25) is 0 Å². The zero-order valence-corrected chi connectivity index (χ0v) is 13.4. The van der Waals surface area contributed by atoms with Crippen LogP contribution in [-0.2, 0) is 6.54 Å². The number of fused-ring (bicyclic) bond motifs is 1. The van der Waals surface area contributed by atoms with Crippen molar-refractivity contribution in [1.29, 1.82) is 0 Å². The van der Waals surface area contributed by atoms with Crippen LogP contribution >= 0.6 is 0 Å². The number of aliphatic hydroxyl groups excluding tert-OH is 1. The van der Waals surface area contributed by atoms with Gasteiger partial charge in [-0.1, -0.05) is 18.2 Å². The molecule has 6 heteroatoms. The van der Waals surface area contributed by atoms with Crippen molar-refractivity contribution in [3.63, 3.8) is 0 Å². The number of hydrogen-bond donors (Lipinski definition) is 4. The van der Waals surface area contributed by atoms with Crippen LogP contribution in [0.4, 0.5) is 0 Å². The maximum atomic E-state index is 9.22. The average Bonchev–Trinajstić information content (AvgIpc) is 3.08. The first-order valence-corrected chi connectivity index (χ1v) is 6.64. The number of hydrogen-bond acceptors (Lipinski definition) is 1. The van der Waals surface area contributed by atoms with Crippen LogP contribution in [0.2, 0.25) is 0 Å². The quantitative estimate of drug-likeness (QED) is 0.340. The predicted molar refractivity (Wildman–Crippen MR) is 75.2 cm³/mol. The third kappa shape index (κ3) is 3.06. The predicted octanol–water partition coefficient (Wildman–Crippen LogP) is -2.77. The van der Waals surface area contributed by atoms with E-state index in [0.717, 1.165) is 31.1 Å². The Hall–Kier alpha value is -1.28. The summed E-state index contributed by atoms with van der Waals surface area (Å²) in [5.41, 5.74) is 2.39. The molecule has 4 N–H and O–H groups in total. The number of aromatic nitrogens is 1. The number of rotatable bonds is 4. The maximum absolute atomic E-state index is 9.22. The van der Waals surface area contributed by atoms with Crippen LogP contribution < -0.4 is 34.6 Å². The Kier molecular flexibility index (Phi) is 5.24. The Morgan fingerprint density at radius 3 is 2.65 bits per heavy atom. The molecule has 3 rings (SSSR count). The summed E-state index contributed by atoms with van der Waals surface area (Å²) in [6.45, 7) is 3.42. The Labute approximate surface area is 135 Å². The maximum Gasteiger partial charge on any atom is 0.346 e. The summed E-state index contributed by atoms with van der Waals surface area (Å²) in [6.07, 6.45) is 2.05. The van der Waals surface area contributed by atoms with Gasteiger partial charge in [-0.05, 0) is 6.07 Å². The number of aliphatic hydroxyl groups is 1. The largest absolute Gasteiger partial charge is 1.00 e. The number of guanidine groups is 1. The topological polar surface area (TPSA) is 63.1 Å². The van der Waals surface area contributed by atoms with Crippen molar-refractivity contribution in [2.24, 2.45) is 0 Å². The van der Waals surface area contributed by atoms with Crippen LogP contribution in [0.5, 0.6) is 0 Å². The van der Waals surface area contributed by atoms with Gasteiger partial charge in [0.25, 0.3) is 0 Å². The molecule has 0 saturated carbocycles. The van der Waals surface area contributed by atoms with Crippen LogP contribution in [0.1, 0.15) is 5.56 Å². The first-order valence-electron chi connectivity index (χ1n) is 6.64. The molecule has 0 spiro atoms. The van der Waals surface area contributed by atoms with E-state index < -0.39 is 0 Å². The van der Waals surface area contributed by atoms with Crippen LogP contribution in [0.15, 0.2) is 30.5 Å². The molecule has 0 bridgehead atoms. The Morgan fingerprint density at radius 1 is 1.15 bits per heavy atom. The van der Waals surface area contributed by atoms with Crippen molar-refractivity contribution in [2.45, 2.75) is 6.54 Å². The molecule has 1 saturated heterocycles. The van der Waals surface area contributed by atoms with Crippen molar-refractivity contribution in [3.05, 3.63) is 36.0 Å². The zero-order chi connectivity index (χ0) is 13.1. The summed E-state index contributed by atoms with van der Waals surface area (Å²) >= 11 is 0. The normalized spacial score (nSPS) is 13.8. The van der Waals surface area contributed by atoms with Crippen LogP contribution in [0.25, 0.3) is 10.9 Å². The Balaban J connectivity index is 0.00000147. The standard InChI is InChI=1S/C14H18N4O.HI/c19-8-7-18(14-15-5-6-16-14)10-11-9-17-13-4-2-1-3-12(11)13;/h1-4,9,17,19H,5-8,10H2,(H,15,16);1H. The van der Waals surface area contributed by atoms with Crippen molar-refractivity contribution >= 4 is 16.9 Å². The molecule has 0 amide bonds. The minimum absolute atomic E-state index is 0. The van der Waals surface area contributed by atoms with Gasteiger partial charge in [-0.3, -0.25) is 15.2 Å². The van der Waals surface area contributed by atoms with Gasteiger partial charge in [-0.25, -0.2) is 0 Å². The molecule has 1 aromatic heterocycles. The van der Waals surface area contributed by atoms with Gasteiger partial charge in [0.1, 0.15) is 0 Å². The van der Waals surface area contributed by atoms with E-state index in [1.54, 1.807) is 0 Å². The first-order chi connectivity index (χ1) is 9.38. The molecular weight excluding hydrogens is 367 g/mol. The Bertz CT molecular complexity index is 600. The highest BCUT2D eigenvalue weighted by molar-refractivity contribution is 5.83. The average molecular weight is 386 g/mol. The van der Waals surface area contributed by atoms with Crippen LogP contribution in [0, 0.1) is 0 Å². The van der Waals surface area contributed by atoms with Crippen molar-refractivity contribution in [1.82, 2.24) is 15.6 Å². The number of halogens is 1. The fourth-order valence-electron chi connectivity index (χ4n) is 2.51. The fourth-order valence-corrected chi connectivity index (χ4v) is 2.51. The van der Waals surface area contributed by atoms with E-state index in [-0.39, 0.29) is 30.6 Å². The molecule has 1 aromatic carbocycles. The molecule has 0 atom stereocenters. The van der Waals surface area contributed by atoms with Crippen LogP contribution in [0.3, 0.4) is 0 Å². The molecule has 1 fully saturated rings. The van der Waals surface area contributed by atoms with Gasteiger partial charge in [-0.15, -0.1) is 0 Å². The van der Waals surface area contributed by atoms with Crippen molar-refractivity contribution in [2.75, 3.05) is 26.2 Å². The fraction of sp³-hybridized carbons (Fsp3) is 0.357. The van der Waals surface area contributed by atoms with Crippen molar-refractivity contribution < 1.29 is 33.7 Å². The lowest BCUT2D eigenvalue weighted by Crippen LogP contribution is -3.00. The third-order valence-corrected chi connectivity index (χ3v) is 3.43. The molecule has 20 heavy (non-hydrogen) atoms. The smallest absolute Gasteiger partial charge is 0.346 e. The molecule has 2 heterocycles. The molecular formula is C14H19IN4O. The Morgan fingerprint density at radius 2 is 1.90 bits per heavy atom. The highest BCUT2D eigenvalue weighted by Crippen LogP contribution is 2.18. The monoisotopic (exact) mass is 386 g/mol. The minimum Gasteiger partial charge on any atom is -1.00 e. The molecule has 0 radical (unpaired) electrons. The molecule has 0 aliphatic carbocycles. The summed E-state index contributed by atoms with van der Waals surface area (Å²) in [7, 11) is 0. The van der Waals surface area contributed by atoms with Crippen LogP contribution in [-0.4, -0.2) is 46.9 Å². The van der Waals surface area contributed by atoms with E-state index in [2.05, 4.69) is 38.4 Å². The highest BCUT2D eigenvalue weighted by Gasteiger charge is 2.18. The van der Waals surface area contributed by atoms with E-state index in [4.69, 9.17) is 0 Å². The number of para-hydroxylation sites is 1. The summed E-state index contributed by atoms with van der Waals surface area (Å²) in [5.74, 6) is 1.01. The highest BCUT2D eigenvalue weighted by atomic mass is 127. The number of nitrogens with zero attached hydrogens (tertiary/aromatic N) is 1. The first kappa shape index (κ1) is 15.1. The second-order valence-corrected chi connectivity index (χ2v) is 4.71. The summed E-state index contributed by atoms with van der Waals surface area (Å²) in [5, 5.41) is 17.1. The second-order valence-electron chi connectivity index (χ2n) is 4.71. The van der Waals surface area contributed by atoms with E-state index in [1.807, 2.05) is 12.3 Å². The van der Waals surface area contributed by atoms with E-state index in [0.29, 0.717) is 6.54 Å². The molecule has 108 valence electrons. The SMILES string of the molecule is OCC[N+](Cc1c[nH]c2ccccc12)=C1NCCN1.[I-]. The van der Waals surface area contributed by atoms with Gasteiger partial charge < -0.3 is 34.1 Å². The van der Waals surface area contributed by atoms with Gasteiger partial charge >= 0.3 is 5.96 Å². The van der Waals surface area contributed by atoms with Gasteiger partial charge in [0.15, 0.2) is 0 Å². The molecule has 2 aromatic rings. The lowest BCUT2D eigenvalue weighted by molar-refractivity contribution is -0.549. The minimum atomic E-state index is 0. The molecule has 1 aliphatic rings. The summed E-state index contributed by atoms with van der Waals surface area (Å²) in [6, 6.07) is 8.28. The van der Waals surface area contributed by atoms with E-state index >= 15 is 0 Å². The molecule has 5 nitrogen and oxygen atoms in total. The number of aromatic amines is 1. The van der Waals surface area contributed by atoms with Gasteiger partial charge in [0, 0.05) is 22.7 Å². The summed E-state index contributed by atoms with van der Waals surface area (Å²) in [4.78, 5) is 3.29. The third-order valence-electron chi connectivity index (χ3n) is 3.43. The number of benzene rings is 1.